The summed E-state index contributed by atoms with van der Waals surface area (Å²) in [5.41, 5.74) is 1.66. The van der Waals surface area contributed by atoms with Gasteiger partial charge in [-0.1, -0.05) is 0 Å². The second-order valence-electron chi connectivity index (χ2n) is 5.02. The molecule has 0 bridgehead atoms. The molecule has 0 aromatic heterocycles. The van der Waals surface area contributed by atoms with Gasteiger partial charge in [0.15, 0.2) is 0 Å². The van der Waals surface area contributed by atoms with Crippen LogP contribution in [0.15, 0.2) is 12.1 Å². The molecule has 1 aliphatic rings. The van der Waals surface area contributed by atoms with Gasteiger partial charge in [0.05, 0.1) is 0 Å². The number of piperazine rings is 1. The van der Waals surface area contributed by atoms with Gasteiger partial charge in [0.2, 0.25) is 0 Å². The van der Waals surface area contributed by atoms with Crippen LogP contribution in [0.3, 0.4) is 0 Å². The van der Waals surface area contributed by atoms with Gasteiger partial charge in [0.1, 0.15) is 5.82 Å². The van der Waals surface area contributed by atoms with Crippen molar-refractivity contribution < 1.29 is 9.18 Å². The minimum Gasteiger partial charge on any atom is -0.336 e. The number of likely N-dealkylation sites (N-methyl/N-ethyl adjacent to an activating group) is 1. The zero-order valence-electron chi connectivity index (χ0n) is 11.2. The molecule has 0 atom stereocenters. The van der Waals surface area contributed by atoms with Gasteiger partial charge in [0.25, 0.3) is 5.91 Å². The van der Waals surface area contributed by atoms with Gasteiger partial charge in [-0.2, -0.15) is 0 Å². The highest BCUT2D eigenvalue weighted by atomic mass is 19.1. The molecule has 0 aliphatic carbocycles. The number of halogens is 1. The fourth-order valence-electron chi connectivity index (χ4n) is 2.26. The summed E-state index contributed by atoms with van der Waals surface area (Å²) in [6.45, 7) is 6.66. The Balaban J connectivity index is 2.19. The van der Waals surface area contributed by atoms with Crippen LogP contribution in [-0.4, -0.2) is 48.9 Å². The lowest BCUT2D eigenvalue weighted by atomic mass is 10.1. The Hall–Kier alpha value is -1.42. The van der Waals surface area contributed by atoms with Crippen molar-refractivity contribution in [1.82, 2.24) is 9.80 Å². The molecule has 1 aliphatic heterocycles. The number of hydrogen-bond donors (Lipinski definition) is 0. The molecule has 98 valence electrons. The van der Waals surface area contributed by atoms with E-state index in [-0.39, 0.29) is 11.7 Å². The Morgan fingerprint density at radius 2 is 1.61 bits per heavy atom. The van der Waals surface area contributed by atoms with E-state index in [9.17, 15) is 9.18 Å². The predicted octanol–water partition coefficient (Wildman–Crippen LogP) is 1.83. The molecule has 0 radical (unpaired) electrons. The largest absolute Gasteiger partial charge is 0.336 e. The van der Waals surface area contributed by atoms with E-state index in [1.54, 1.807) is 26.0 Å². The number of carbonyl (C=O) groups excluding carboxylic acids is 1. The molecule has 1 heterocycles. The number of hydrogen-bond acceptors (Lipinski definition) is 2. The van der Waals surface area contributed by atoms with E-state index in [1.165, 1.54) is 0 Å². The summed E-state index contributed by atoms with van der Waals surface area (Å²) in [7, 11) is 2.05. The third kappa shape index (κ3) is 2.53. The molecule has 0 unspecified atom stereocenters. The first-order chi connectivity index (χ1) is 8.49. The van der Waals surface area contributed by atoms with Crippen LogP contribution in [0.4, 0.5) is 4.39 Å². The molecule has 1 amide bonds. The van der Waals surface area contributed by atoms with Crippen molar-refractivity contribution in [1.29, 1.82) is 0 Å². The molecule has 3 nitrogen and oxygen atoms in total. The Morgan fingerprint density at radius 3 is 2.11 bits per heavy atom. The molecule has 0 saturated carbocycles. The van der Waals surface area contributed by atoms with Crippen LogP contribution in [0.1, 0.15) is 21.5 Å². The average molecular weight is 250 g/mol. The summed E-state index contributed by atoms with van der Waals surface area (Å²) in [4.78, 5) is 16.3. The number of benzene rings is 1. The van der Waals surface area contributed by atoms with E-state index < -0.39 is 0 Å². The third-order valence-electron chi connectivity index (χ3n) is 3.47. The number of carbonyl (C=O) groups is 1. The SMILES string of the molecule is Cc1cc(C(=O)N2CCN(C)CC2)cc(C)c1F. The summed E-state index contributed by atoms with van der Waals surface area (Å²) in [5.74, 6) is -0.209. The van der Waals surface area contributed by atoms with Crippen molar-refractivity contribution in [3.8, 4) is 0 Å². The molecular formula is C14H19FN2O. The minimum atomic E-state index is -0.218. The maximum atomic E-state index is 13.5. The van der Waals surface area contributed by atoms with Gasteiger partial charge in [-0.3, -0.25) is 4.79 Å². The molecule has 1 saturated heterocycles. The highest BCUT2D eigenvalue weighted by Crippen LogP contribution is 2.16. The predicted molar refractivity (Wildman–Crippen MR) is 69.3 cm³/mol. The average Bonchev–Trinajstić information content (AvgIpc) is 2.35. The first kappa shape index (κ1) is 13.0. The summed E-state index contributed by atoms with van der Waals surface area (Å²) in [6.07, 6.45) is 0. The molecule has 1 aromatic carbocycles. The fraction of sp³-hybridized carbons (Fsp3) is 0.500. The van der Waals surface area contributed by atoms with Crippen LogP contribution < -0.4 is 0 Å². The standard InChI is InChI=1S/C14H19FN2O/c1-10-8-12(9-11(2)13(10)15)14(18)17-6-4-16(3)5-7-17/h8-9H,4-7H2,1-3H3. The monoisotopic (exact) mass is 250 g/mol. The van der Waals surface area contributed by atoms with E-state index in [0.717, 1.165) is 26.2 Å². The highest BCUT2D eigenvalue weighted by Gasteiger charge is 2.21. The normalized spacial score (nSPS) is 17.0. The first-order valence-electron chi connectivity index (χ1n) is 6.23. The summed E-state index contributed by atoms with van der Waals surface area (Å²) in [6, 6.07) is 3.28. The Kier molecular flexibility index (Phi) is 3.66. The van der Waals surface area contributed by atoms with Crippen LogP contribution in [0.5, 0.6) is 0 Å². The van der Waals surface area contributed by atoms with E-state index in [1.807, 2.05) is 11.9 Å². The lowest BCUT2D eigenvalue weighted by Crippen LogP contribution is -2.47. The van der Waals surface area contributed by atoms with Gasteiger partial charge < -0.3 is 9.80 Å². The van der Waals surface area contributed by atoms with E-state index >= 15 is 0 Å². The van der Waals surface area contributed by atoms with Crippen LogP contribution in [0.2, 0.25) is 0 Å². The molecule has 4 heteroatoms. The van der Waals surface area contributed by atoms with E-state index in [4.69, 9.17) is 0 Å². The van der Waals surface area contributed by atoms with Crippen molar-refractivity contribution in [2.24, 2.45) is 0 Å². The number of amides is 1. The maximum absolute atomic E-state index is 13.5. The Bertz CT molecular complexity index is 442. The van der Waals surface area contributed by atoms with Crippen LogP contribution in [-0.2, 0) is 0 Å². The lowest BCUT2D eigenvalue weighted by Gasteiger charge is -2.32. The first-order valence-corrected chi connectivity index (χ1v) is 6.23. The second kappa shape index (κ2) is 5.06. The lowest BCUT2D eigenvalue weighted by molar-refractivity contribution is 0.0664. The second-order valence-corrected chi connectivity index (χ2v) is 5.02. The molecular weight excluding hydrogens is 231 g/mol. The molecule has 0 N–H and O–H groups in total. The number of nitrogens with zero attached hydrogens (tertiary/aromatic N) is 2. The van der Waals surface area contributed by atoms with Crippen LogP contribution >= 0.6 is 0 Å². The molecule has 18 heavy (non-hydrogen) atoms. The van der Waals surface area contributed by atoms with Crippen molar-refractivity contribution in [2.75, 3.05) is 33.2 Å². The van der Waals surface area contributed by atoms with Crippen molar-refractivity contribution in [2.45, 2.75) is 13.8 Å². The summed E-state index contributed by atoms with van der Waals surface area (Å²) in [5, 5.41) is 0. The van der Waals surface area contributed by atoms with Crippen LogP contribution in [0, 0.1) is 19.7 Å². The summed E-state index contributed by atoms with van der Waals surface area (Å²) < 4.78 is 13.5. The number of aryl methyl sites for hydroxylation is 2. The molecule has 1 fully saturated rings. The number of rotatable bonds is 1. The molecule has 2 rings (SSSR count). The maximum Gasteiger partial charge on any atom is 0.253 e. The molecule has 0 spiro atoms. The topological polar surface area (TPSA) is 23.6 Å². The highest BCUT2D eigenvalue weighted by molar-refractivity contribution is 5.94. The zero-order valence-corrected chi connectivity index (χ0v) is 11.2. The quantitative estimate of drug-likeness (QED) is 0.759. The van der Waals surface area contributed by atoms with Gasteiger partial charge in [-0.05, 0) is 44.2 Å². The van der Waals surface area contributed by atoms with Gasteiger partial charge in [-0.25, -0.2) is 4.39 Å². The van der Waals surface area contributed by atoms with E-state index in [2.05, 4.69) is 4.90 Å². The van der Waals surface area contributed by atoms with Crippen molar-refractivity contribution in [3.63, 3.8) is 0 Å². The van der Waals surface area contributed by atoms with Crippen molar-refractivity contribution in [3.05, 3.63) is 34.6 Å². The fourth-order valence-corrected chi connectivity index (χ4v) is 2.26. The van der Waals surface area contributed by atoms with E-state index in [0.29, 0.717) is 16.7 Å². The minimum absolute atomic E-state index is 0.00861. The summed E-state index contributed by atoms with van der Waals surface area (Å²) >= 11 is 0. The van der Waals surface area contributed by atoms with Crippen molar-refractivity contribution >= 4 is 5.91 Å². The Labute approximate surface area is 107 Å². The van der Waals surface area contributed by atoms with Gasteiger partial charge in [0, 0.05) is 31.7 Å². The molecule has 1 aromatic rings. The zero-order chi connectivity index (χ0) is 13.3. The van der Waals surface area contributed by atoms with Crippen LogP contribution in [0.25, 0.3) is 0 Å². The van der Waals surface area contributed by atoms with Gasteiger partial charge in [-0.15, -0.1) is 0 Å². The third-order valence-corrected chi connectivity index (χ3v) is 3.47. The smallest absolute Gasteiger partial charge is 0.253 e. The Morgan fingerprint density at radius 1 is 1.11 bits per heavy atom. The van der Waals surface area contributed by atoms with Gasteiger partial charge >= 0.3 is 0 Å².